The molecule has 1 aromatic heterocycles. The van der Waals surface area contributed by atoms with Gasteiger partial charge in [-0.1, -0.05) is 0 Å². The summed E-state index contributed by atoms with van der Waals surface area (Å²) in [5.41, 5.74) is 1.28. The lowest BCUT2D eigenvalue weighted by Gasteiger charge is -2.17. The maximum atomic E-state index is 11.4. The largest absolute Gasteiger partial charge is 0.493 e. The van der Waals surface area contributed by atoms with Crippen molar-refractivity contribution in [3.05, 3.63) is 30.0 Å². The molecule has 0 aliphatic carbocycles. The Morgan fingerprint density at radius 2 is 1.79 bits per heavy atom. The van der Waals surface area contributed by atoms with E-state index in [9.17, 15) is 9.90 Å². The van der Waals surface area contributed by atoms with Crippen molar-refractivity contribution in [1.29, 1.82) is 0 Å². The molecule has 2 aromatic rings. The lowest BCUT2D eigenvalue weighted by molar-refractivity contribution is 0.0690. The van der Waals surface area contributed by atoms with Gasteiger partial charge in [0.25, 0.3) is 0 Å². The molecule has 0 atom stereocenters. The van der Waals surface area contributed by atoms with Crippen LogP contribution in [0.3, 0.4) is 0 Å². The fraction of sp³-hybridized carbons (Fsp3) is 0.353. The molecule has 0 saturated carbocycles. The van der Waals surface area contributed by atoms with Gasteiger partial charge in [-0.3, -0.25) is 0 Å². The van der Waals surface area contributed by atoms with Gasteiger partial charge in [0.1, 0.15) is 0 Å². The van der Waals surface area contributed by atoms with Crippen LogP contribution in [0.5, 0.6) is 11.5 Å². The van der Waals surface area contributed by atoms with Crippen molar-refractivity contribution in [3.8, 4) is 22.8 Å². The fourth-order valence-corrected chi connectivity index (χ4v) is 2.75. The molecule has 7 nitrogen and oxygen atoms in total. The summed E-state index contributed by atoms with van der Waals surface area (Å²) < 4.78 is 10.5. The van der Waals surface area contributed by atoms with Gasteiger partial charge in [-0.15, -0.1) is 0 Å². The van der Waals surface area contributed by atoms with Crippen LogP contribution in [0.4, 0.5) is 5.95 Å². The number of nitrogens with zero attached hydrogens (tertiary/aromatic N) is 3. The summed E-state index contributed by atoms with van der Waals surface area (Å²) in [5, 5.41) is 9.35. The van der Waals surface area contributed by atoms with E-state index in [2.05, 4.69) is 9.97 Å². The van der Waals surface area contributed by atoms with Crippen LogP contribution in [0.2, 0.25) is 0 Å². The molecular formula is C17H19N3O4. The van der Waals surface area contributed by atoms with Gasteiger partial charge < -0.3 is 19.5 Å². The van der Waals surface area contributed by atoms with E-state index in [0.29, 0.717) is 23.1 Å². The van der Waals surface area contributed by atoms with Crippen LogP contribution in [0.15, 0.2) is 24.3 Å². The van der Waals surface area contributed by atoms with E-state index in [1.165, 1.54) is 6.07 Å². The minimum Gasteiger partial charge on any atom is -0.493 e. The molecule has 0 bridgehead atoms. The zero-order valence-electron chi connectivity index (χ0n) is 13.7. The lowest BCUT2D eigenvalue weighted by atomic mass is 10.1. The normalized spacial score (nSPS) is 13.8. The first-order chi connectivity index (χ1) is 11.6. The molecule has 126 valence electrons. The Balaban J connectivity index is 2.07. The van der Waals surface area contributed by atoms with Crippen LogP contribution < -0.4 is 14.4 Å². The molecule has 0 spiro atoms. The highest BCUT2D eigenvalue weighted by Gasteiger charge is 2.19. The van der Waals surface area contributed by atoms with Gasteiger partial charge in [-0.05, 0) is 37.1 Å². The molecule has 1 aliphatic rings. The third-order valence-electron chi connectivity index (χ3n) is 4.00. The van der Waals surface area contributed by atoms with E-state index >= 15 is 0 Å². The summed E-state index contributed by atoms with van der Waals surface area (Å²) in [6.07, 6.45) is 2.12. The maximum absolute atomic E-state index is 11.4. The highest BCUT2D eigenvalue weighted by Crippen LogP contribution is 2.32. The van der Waals surface area contributed by atoms with Crippen LogP contribution in [0, 0.1) is 0 Å². The van der Waals surface area contributed by atoms with Gasteiger partial charge in [0.15, 0.2) is 17.2 Å². The Kier molecular flexibility index (Phi) is 4.50. The van der Waals surface area contributed by atoms with Crippen LogP contribution in [0.1, 0.15) is 23.3 Å². The van der Waals surface area contributed by atoms with Crippen molar-refractivity contribution in [2.24, 2.45) is 0 Å². The minimum absolute atomic E-state index is 0.0170. The molecule has 0 unspecified atom stereocenters. The fourth-order valence-electron chi connectivity index (χ4n) is 2.75. The Morgan fingerprint density at radius 3 is 2.42 bits per heavy atom. The molecule has 1 N–H and O–H groups in total. The van der Waals surface area contributed by atoms with Crippen molar-refractivity contribution >= 4 is 11.9 Å². The zero-order chi connectivity index (χ0) is 17.1. The second kappa shape index (κ2) is 6.74. The SMILES string of the molecule is COc1ccc(-c2cc(C(=O)O)nc(N3CCCC3)n2)cc1OC. The number of benzene rings is 1. The van der Waals surface area contributed by atoms with Gasteiger partial charge in [-0.25, -0.2) is 14.8 Å². The first-order valence-corrected chi connectivity index (χ1v) is 7.72. The second-order valence-electron chi connectivity index (χ2n) is 5.51. The van der Waals surface area contributed by atoms with E-state index < -0.39 is 5.97 Å². The van der Waals surface area contributed by atoms with Gasteiger partial charge in [-0.2, -0.15) is 0 Å². The summed E-state index contributed by atoms with van der Waals surface area (Å²) in [7, 11) is 3.12. The number of aromatic carboxylic acids is 1. The first kappa shape index (κ1) is 16.0. The number of anilines is 1. The summed E-state index contributed by atoms with van der Waals surface area (Å²) in [5.74, 6) is 0.554. The topological polar surface area (TPSA) is 84.8 Å². The Labute approximate surface area is 139 Å². The monoisotopic (exact) mass is 329 g/mol. The average molecular weight is 329 g/mol. The van der Waals surface area contributed by atoms with Gasteiger partial charge in [0, 0.05) is 18.7 Å². The lowest BCUT2D eigenvalue weighted by Crippen LogP contribution is -2.21. The van der Waals surface area contributed by atoms with Crippen molar-refractivity contribution in [2.45, 2.75) is 12.8 Å². The zero-order valence-corrected chi connectivity index (χ0v) is 13.7. The molecule has 2 heterocycles. The highest BCUT2D eigenvalue weighted by atomic mass is 16.5. The third-order valence-corrected chi connectivity index (χ3v) is 4.00. The molecule has 1 aliphatic heterocycles. The van der Waals surface area contributed by atoms with Crippen molar-refractivity contribution < 1.29 is 19.4 Å². The molecule has 1 fully saturated rings. The summed E-state index contributed by atoms with van der Waals surface area (Å²) >= 11 is 0. The molecule has 7 heteroatoms. The molecular weight excluding hydrogens is 310 g/mol. The molecule has 0 radical (unpaired) electrons. The highest BCUT2D eigenvalue weighted by molar-refractivity contribution is 5.87. The minimum atomic E-state index is -1.07. The van der Waals surface area contributed by atoms with Gasteiger partial charge in [0.05, 0.1) is 19.9 Å². The molecule has 1 saturated heterocycles. The average Bonchev–Trinajstić information content (AvgIpc) is 3.15. The summed E-state index contributed by atoms with van der Waals surface area (Å²) in [6.45, 7) is 1.68. The predicted octanol–water partition coefficient (Wildman–Crippen LogP) is 2.46. The molecule has 0 amide bonds. The van der Waals surface area contributed by atoms with E-state index in [1.807, 2.05) is 11.0 Å². The van der Waals surface area contributed by atoms with E-state index in [0.717, 1.165) is 31.5 Å². The van der Waals surface area contributed by atoms with Crippen LogP contribution in [-0.4, -0.2) is 48.4 Å². The standard InChI is InChI=1S/C17H19N3O4/c1-23-14-6-5-11(9-15(14)24-2)12-10-13(16(21)22)19-17(18-12)20-7-3-4-8-20/h5-6,9-10H,3-4,7-8H2,1-2H3,(H,21,22). The predicted molar refractivity (Wildman–Crippen MR) is 89.0 cm³/mol. The number of rotatable bonds is 5. The number of carbonyl (C=O) groups is 1. The van der Waals surface area contributed by atoms with Crippen molar-refractivity contribution in [3.63, 3.8) is 0 Å². The first-order valence-electron chi connectivity index (χ1n) is 7.72. The molecule has 1 aromatic carbocycles. The number of hydrogen-bond acceptors (Lipinski definition) is 6. The maximum Gasteiger partial charge on any atom is 0.354 e. The number of hydrogen-bond donors (Lipinski definition) is 1. The quantitative estimate of drug-likeness (QED) is 0.902. The van der Waals surface area contributed by atoms with E-state index in [4.69, 9.17) is 9.47 Å². The van der Waals surface area contributed by atoms with Crippen molar-refractivity contribution in [2.75, 3.05) is 32.2 Å². The van der Waals surface area contributed by atoms with Crippen LogP contribution in [-0.2, 0) is 0 Å². The van der Waals surface area contributed by atoms with Gasteiger partial charge in [0.2, 0.25) is 5.95 Å². The number of methoxy groups -OCH3 is 2. The summed E-state index contributed by atoms with van der Waals surface area (Å²) in [4.78, 5) is 22.2. The third kappa shape index (κ3) is 3.10. The molecule has 3 rings (SSSR count). The second-order valence-corrected chi connectivity index (χ2v) is 5.51. The Morgan fingerprint density at radius 1 is 1.08 bits per heavy atom. The number of carboxylic acid groups (broad SMARTS) is 1. The van der Waals surface area contributed by atoms with E-state index in [-0.39, 0.29) is 5.69 Å². The summed E-state index contributed by atoms with van der Waals surface area (Å²) in [6, 6.07) is 6.85. The number of ether oxygens (including phenoxy) is 2. The van der Waals surface area contributed by atoms with Crippen molar-refractivity contribution in [1.82, 2.24) is 9.97 Å². The number of aromatic nitrogens is 2. The van der Waals surface area contributed by atoms with Crippen LogP contribution in [0.25, 0.3) is 11.3 Å². The van der Waals surface area contributed by atoms with Gasteiger partial charge >= 0.3 is 5.97 Å². The number of carboxylic acids is 1. The van der Waals surface area contributed by atoms with E-state index in [1.54, 1.807) is 26.4 Å². The molecule has 24 heavy (non-hydrogen) atoms. The smallest absolute Gasteiger partial charge is 0.354 e. The Hall–Kier alpha value is -2.83. The Bertz CT molecular complexity index is 757. The van der Waals surface area contributed by atoms with Crippen LogP contribution >= 0.6 is 0 Å².